The van der Waals surface area contributed by atoms with Crippen molar-refractivity contribution in [2.45, 2.75) is 20.3 Å². The number of hydrogen-bond acceptors (Lipinski definition) is 6. The molecule has 28 heavy (non-hydrogen) atoms. The maximum atomic E-state index is 12.5. The summed E-state index contributed by atoms with van der Waals surface area (Å²) in [4.78, 5) is 43.1. The first-order chi connectivity index (χ1) is 13.4. The molecule has 3 rings (SSSR count). The summed E-state index contributed by atoms with van der Waals surface area (Å²) in [5.74, 6) is -1.16. The van der Waals surface area contributed by atoms with Gasteiger partial charge in [-0.25, -0.2) is 14.5 Å². The summed E-state index contributed by atoms with van der Waals surface area (Å²) in [5.41, 5.74) is 2.70. The number of H-pyrrole nitrogens is 1. The minimum Gasteiger partial charge on any atom is -0.465 e. The van der Waals surface area contributed by atoms with Gasteiger partial charge in [-0.05, 0) is 36.8 Å². The van der Waals surface area contributed by atoms with E-state index in [1.54, 1.807) is 42.2 Å². The lowest BCUT2D eigenvalue weighted by Gasteiger charge is -2.07. The molecule has 2 heterocycles. The number of nitrogens with zero attached hydrogens (tertiary/aromatic N) is 3. The van der Waals surface area contributed by atoms with Crippen molar-refractivity contribution in [1.29, 1.82) is 0 Å². The molecule has 0 saturated carbocycles. The monoisotopic (exact) mass is 381 g/mol. The van der Waals surface area contributed by atoms with Gasteiger partial charge in [-0.2, -0.15) is 5.10 Å². The van der Waals surface area contributed by atoms with E-state index in [0.717, 1.165) is 5.69 Å². The molecule has 0 atom stereocenters. The molecule has 0 radical (unpaired) electrons. The third-order valence-electron chi connectivity index (χ3n) is 4.24. The molecule has 1 amide bonds. The van der Waals surface area contributed by atoms with Gasteiger partial charge in [0.25, 0.3) is 0 Å². The molecule has 144 valence electrons. The summed E-state index contributed by atoms with van der Waals surface area (Å²) in [6.45, 7) is 3.03. The number of carbonyl (C=O) groups excluding carboxylic acids is 3. The predicted octanol–water partition coefficient (Wildman–Crippen LogP) is 2.07. The molecule has 0 aliphatic rings. The van der Waals surface area contributed by atoms with E-state index >= 15 is 0 Å². The first-order valence-corrected chi connectivity index (χ1v) is 8.46. The van der Waals surface area contributed by atoms with E-state index in [0.29, 0.717) is 22.6 Å². The third-order valence-corrected chi connectivity index (χ3v) is 4.24. The topological polar surface area (TPSA) is 119 Å². The average Bonchev–Trinajstić information content (AvgIpc) is 3.30. The van der Waals surface area contributed by atoms with E-state index in [1.165, 1.54) is 20.4 Å². The number of Topliss-reactive ketones (excluding diaryl/α,β-unsaturated/α-hetero) is 1. The number of ketones is 1. The van der Waals surface area contributed by atoms with Gasteiger partial charge in [0.15, 0.2) is 5.78 Å². The second-order valence-corrected chi connectivity index (χ2v) is 6.14. The number of amides is 1. The number of rotatable bonds is 6. The number of ether oxygens (including phenoxy) is 1. The minimum absolute atomic E-state index is 0.108. The molecule has 0 aliphatic carbocycles. The normalized spacial score (nSPS) is 10.5. The lowest BCUT2D eigenvalue weighted by atomic mass is 10.1. The van der Waals surface area contributed by atoms with Gasteiger partial charge in [-0.3, -0.25) is 9.59 Å². The van der Waals surface area contributed by atoms with Crippen molar-refractivity contribution in [3.05, 3.63) is 59.4 Å². The molecule has 0 fully saturated rings. The zero-order chi connectivity index (χ0) is 20.3. The molecule has 0 unspecified atom stereocenters. The molecule has 2 aromatic heterocycles. The van der Waals surface area contributed by atoms with Crippen molar-refractivity contribution < 1.29 is 19.1 Å². The largest absolute Gasteiger partial charge is 0.465 e. The van der Waals surface area contributed by atoms with Gasteiger partial charge < -0.3 is 15.0 Å². The Morgan fingerprint density at radius 2 is 1.93 bits per heavy atom. The van der Waals surface area contributed by atoms with Gasteiger partial charge in [-0.15, -0.1) is 0 Å². The van der Waals surface area contributed by atoms with Crippen LogP contribution in [0.4, 0.5) is 5.69 Å². The number of carbonyl (C=O) groups is 3. The Bertz CT molecular complexity index is 1020. The van der Waals surface area contributed by atoms with Gasteiger partial charge in [0.2, 0.25) is 5.91 Å². The highest BCUT2D eigenvalue weighted by Gasteiger charge is 2.24. The molecule has 0 bridgehead atoms. The van der Waals surface area contributed by atoms with Gasteiger partial charge in [0, 0.05) is 18.3 Å². The van der Waals surface area contributed by atoms with Crippen LogP contribution in [0.25, 0.3) is 5.69 Å². The molecule has 0 spiro atoms. The number of aromatic nitrogens is 4. The highest BCUT2D eigenvalue weighted by molar-refractivity contribution is 6.02. The SMILES string of the molecule is COC(=O)c1c(CC(=O)Nc2ccc(-n3cncn3)cc2)[nH]c(C(C)=O)c1C. The fourth-order valence-electron chi connectivity index (χ4n) is 2.93. The van der Waals surface area contributed by atoms with Crippen molar-refractivity contribution in [2.24, 2.45) is 0 Å². The lowest BCUT2D eigenvalue weighted by molar-refractivity contribution is -0.115. The summed E-state index contributed by atoms with van der Waals surface area (Å²) >= 11 is 0. The second kappa shape index (κ2) is 7.87. The number of methoxy groups -OCH3 is 1. The van der Waals surface area contributed by atoms with Crippen LogP contribution in [0.2, 0.25) is 0 Å². The van der Waals surface area contributed by atoms with E-state index < -0.39 is 5.97 Å². The lowest BCUT2D eigenvalue weighted by Crippen LogP contribution is -2.17. The zero-order valence-electron chi connectivity index (χ0n) is 15.6. The first kappa shape index (κ1) is 19.0. The molecule has 9 nitrogen and oxygen atoms in total. The molecule has 9 heteroatoms. The summed E-state index contributed by atoms with van der Waals surface area (Å²) in [6.07, 6.45) is 2.90. The molecular weight excluding hydrogens is 362 g/mol. The Hall–Kier alpha value is -3.75. The van der Waals surface area contributed by atoms with Crippen LogP contribution in [0.3, 0.4) is 0 Å². The molecular formula is C19H19N5O4. The smallest absolute Gasteiger partial charge is 0.339 e. The number of hydrogen-bond donors (Lipinski definition) is 2. The summed E-state index contributed by atoms with van der Waals surface area (Å²) in [7, 11) is 1.25. The number of aromatic amines is 1. The van der Waals surface area contributed by atoms with Crippen LogP contribution < -0.4 is 5.32 Å². The number of benzene rings is 1. The molecule has 1 aromatic carbocycles. The Balaban J connectivity index is 1.77. The second-order valence-electron chi connectivity index (χ2n) is 6.14. The number of anilines is 1. The van der Waals surface area contributed by atoms with E-state index in [2.05, 4.69) is 20.4 Å². The summed E-state index contributed by atoms with van der Waals surface area (Å²) in [5, 5.41) is 6.80. The molecule has 2 N–H and O–H groups in total. The quantitative estimate of drug-likeness (QED) is 0.498. The van der Waals surface area contributed by atoms with Gasteiger partial charge in [0.1, 0.15) is 12.7 Å². The predicted molar refractivity (Wildman–Crippen MR) is 101 cm³/mol. The summed E-state index contributed by atoms with van der Waals surface area (Å²) in [6, 6.07) is 7.04. The Kier molecular flexibility index (Phi) is 5.35. The molecule has 0 saturated heterocycles. The van der Waals surface area contributed by atoms with Crippen LogP contribution in [-0.2, 0) is 16.0 Å². The van der Waals surface area contributed by atoms with Gasteiger partial charge in [0.05, 0.1) is 30.5 Å². The summed E-state index contributed by atoms with van der Waals surface area (Å²) < 4.78 is 6.38. The highest BCUT2D eigenvalue weighted by atomic mass is 16.5. The van der Waals surface area contributed by atoms with E-state index in [-0.39, 0.29) is 23.7 Å². The minimum atomic E-state index is -0.596. The Morgan fingerprint density at radius 3 is 2.50 bits per heavy atom. The van der Waals surface area contributed by atoms with Gasteiger partial charge >= 0.3 is 5.97 Å². The van der Waals surface area contributed by atoms with Crippen LogP contribution >= 0.6 is 0 Å². The maximum absolute atomic E-state index is 12.5. The third kappa shape index (κ3) is 3.83. The van der Waals surface area contributed by atoms with E-state index in [9.17, 15) is 14.4 Å². The fourth-order valence-corrected chi connectivity index (χ4v) is 2.93. The maximum Gasteiger partial charge on any atom is 0.339 e. The standard InChI is InChI=1S/C19H19N5O4/c1-11-17(19(27)28-3)15(23-18(11)12(2)25)8-16(26)22-13-4-6-14(7-5-13)24-10-20-9-21-24/h4-7,9-10,23H,8H2,1-3H3,(H,22,26). The molecule has 3 aromatic rings. The van der Waals surface area contributed by atoms with Crippen LogP contribution in [0.15, 0.2) is 36.9 Å². The Labute approximate surface area is 160 Å². The van der Waals surface area contributed by atoms with Crippen molar-refractivity contribution in [2.75, 3.05) is 12.4 Å². The van der Waals surface area contributed by atoms with Crippen molar-refractivity contribution in [3.63, 3.8) is 0 Å². The van der Waals surface area contributed by atoms with E-state index in [4.69, 9.17) is 4.74 Å². The Morgan fingerprint density at radius 1 is 1.21 bits per heavy atom. The average molecular weight is 381 g/mol. The fraction of sp³-hybridized carbons (Fsp3) is 0.211. The number of esters is 1. The van der Waals surface area contributed by atoms with Crippen molar-refractivity contribution in [3.8, 4) is 5.69 Å². The van der Waals surface area contributed by atoms with Crippen molar-refractivity contribution >= 4 is 23.3 Å². The van der Waals surface area contributed by atoms with Crippen LogP contribution in [-0.4, -0.2) is 44.5 Å². The van der Waals surface area contributed by atoms with Gasteiger partial charge in [-0.1, -0.05) is 0 Å². The highest BCUT2D eigenvalue weighted by Crippen LogP contribution is 2.21. The first-order valence-electron chi connectivity index (χ1n) is 8.46. The van der Waals surface area contributed by atoms with Crippen molar-refractivity contribution in [1.82, 2.24) is 19.7 Å². The number of nitrogens with one attached hydrogen (secondary N) is 2. The van der Waals surface area contributed by atoms with Crippen LogP contribution in [0.1, 0.15) is 39.0 Å². The zero-order valence-corrected chi connectivity index (χ0v) is 15.6. The van der Waals surface area contributed by atoms with E-state index in [1.807, 2.05) is 0 Å². The van der Waals surface area contributed by atoms with Crippen LogP contribution in [0.5, 0.6) is 0 Å². The van der Waals surface area contributed by atoms with Crippen LogP contribution in [0, 0.1) is 6.92 Å². The molecule has 0 aliphatic heterocycles.